The van der Waals surface area contributed by atoms with Gasteiger partial charge in [0, 0.05) is 6.54 Å². The van der Waals surface area contributed by atoms with Crippen LogP contribution in [0.1, 0.15) is 5.69 Å². The van der Waals surface area contributed by atoms with Gasteiger partial charge < -0.3 is 16.8 Å². The smallest absolute Gasteiger partial charge is 0.234 e. The summed E-state index contributed by atoms with van der Waals surface area (Å²) in [4.78, 5) is 10.8. The molecule has 78 valence electrons. The van der Waals surface area contributed by atoms with E-state index in [4.69, 9.17) is 11.5 Å². The third-order valence-corrected chi connectivity index (χ3v) is 1.60. The molecule has 0 fully saturated rings. The number of rotatable bonds is 5. The highest BCUT2D eigenvalue weighted by Crippen LogP contribution is 1.91. The lowest BCUT2D eigenvalue weighted by atomic mass is 10.4. The Labute approximate surface area is 81.4 Å². The molecule has 1 aromatic rings. The minimum Gasteiger partial charge on any atom is -0.349 e. The zero-order valence-corrected chi connectivity index (χ0v) is 7.81. The summed E-state index contributed by atoms with van der Waals surface area (Å²) in [5.74, 6) is -0.210. The second-order valence-corrected chi connectivity index (χ2v) is 2.74. The molecule has 0 atom stereocenters. The van der Waals surface area contributed by atoms with E-state index in [1.807, 2.05) is 0 Å². The van der Waals surface area contributed by atoms with Crippen molar-refractivity contribution in [1.82, 2.24) is 20.3 Å². The van der Waals surface area contributed by atoms with Crippen LogP contribution in [0.15, 0.2) is 6.20 Å². The van der Waals surface area contributed by atoms with E-state index in [1.165, 1.54) is 0 Å². The van der Waals surface area contributed by atoms with Gasteiger partial charge >= 0.3 is 0 Å². The lowest BCUT2D eigenvalue weighted by Gasteiger charge is -1.98. The van der Waals surface area contributed by atoms with Crippen molar-refractivity contribution >= 4 is 5.91 Å². The molecule has 5 N–H and O–H groups in total. The Bertz CT molecular complexity index is 296. The van der Waals surface area contributed by atoms with Crippen LogP contribution in [-0.4, -0.2) is 34.0 Å². The first-order valence-corrected chi connectivity index (χ1v) is 4.32. The number of carbonyl (C=O) groups excluding carboxylic acids is 1. The van der Waals surface area contributed by atoms with Crippen molar-refractivity contribution in [2.75, 3.05) is 13.1 Å². The molecule has 0 aliphatic rings. The van der Waals surface area contributed by atoms with Crippen LogP contribution >= 0.6 is 0 Å². The lowest BCUT2D eigenvalue weighted by Crippen LogP contribution is -2.29. The first-order valence-electron chi connectivity index (χ1n) is 4.32. The van der Waals surface area contributed by atoms with Gasteiger partial charge in [0.25, 0.3) is 0 Å². The highest BCUT2D eigenvalue weighted by atomic mass is 16.1. The number of nitrogens with zero attached hydrogens (tertiary/aromatic N) is 3. The predicted molar refractivity (Wildman–Crippen MR) is 50.0 cm³/mol. The minimum atomic E-state index is -0.210. The van der Waals surface area contributed by atoms with E-state index in [0.717, 1.165) is 0 Å². The molecule has 1 rings (SSSR count). The van der Waals surface area contributed by atoms with E-state index in [1.54, 1.807) is 10.9 Å². The van der Waals surface area contributed by atoms with Gasteiger partial charge in [-0.2, -0.15) is 0 Å². The molecule has 0 aliphatic heterocycles. The van der Waals surface area contributed by atoms with Gasteiger partial charge in [0.1, 0.15) is 5.69 Å². The highest BCUT2D eigenvalue weighted by molar-refractivity contribution is 5.77. The maximum atomic E-state index is 10.8. The molecule has 1 amide bonds. The second kappa shape index (κ2) is 5.30. The van der Waals surface area contributed by atoms with Crippen LogP contribution in [0.5, 0.6) is 0 Å². The Balaban J connectivity index is 2.39. The predicted octanol–water partition coefficient (Wildman–Crippen LogP) is -2.19. The maximum Gasteiger partial charge on any atom is 0.234 e. The van der Waals surface area contributed by atoms with Crippen molar-refractivity contribution in [3.63, 3.8) is 0 Å². The van der Waals surface area contributed by atoms with Crippen LogP contribution in [0.3, 0.4) is 0 Å². The normalized spacial score (nSPS) is 10.1. The summed E-state index contributed by atoms with van der Waals surface area (Å²) in [6, 6.07) is 0. The molecule has 0 aliphatic carbocycles. The van der Waals surface area contributed by atoms with Gasteiger partial charge in [-0.1, -0.05) is 5.21 Å². The molecule has 0 saturated heterocycles. The van der Waals surface area contributed by atoms with Gasteiger partial charge in [-0.25, -0.2) is 0 Å². The molecule has 0 unspecified atom stereocenters. The number of hydrogen-bond acceptors (Lipinski definition) is 5. The van der Waals surface area contributed by atoms with E-state index >= 15 is 0 Å². The third-order valence-electron chi connectivity index (χ3n) is 1.60. The van der Waals surface area contributed by atoms with E-state index in [2.05, 4.69) is 15.6 Å². The lowest BCUT2D eigenvalue weighted by molar-refractivity contribution is -0.119. The van der Waals surface area contributed by atoms with Crippen molar-refractivity contribution in [2.45, 2.75) is 13.1 Å². The first kappa shape index (κ1) is 10.6. The standard InChI is InChI=1S/C7H14N6O/c8-1-2-13-5-6(11-12-13)4-10-7(14)3-9/h5H,1-4,8-9H2,(H,10,14). The number of amides is 1. The highest BCUT2D eigenvalue weighted by Gasteiger charge is 2.01. The summed E-state index contributed by atoms with van der Waals surface area (Å²) < 4.78 is 1.63. The van der Waals surface area contributed by atoms with Crippen molar-refractivity contribution in [3.8, 4) is 0 Å². The summed E-state index contributed by atoms with van der Waals surface area (Å²) >= 11 is 0. The number of carbonyl (C=O) groups is 1. The van der Waals surface area contributed by atoms with Crippen LogP contribution < -0.4 is 16.8 Å². The summed E-state index contributed by atoms with van der Waals surface area (Å²) in [6.45, 7) is 1.47. The second-order valence-electron chi connectivity index (χ2n) is 2.74. The SMILES string of the molecule is NCCn1cc(CNC(=O)CN)nn1. The quantitative estimate of drug-likeness (QED) is 0.497. The minimum absolute atomic E-state index is 0.0169. The topological polar surface area (TPSA) is 112 Å². The molecule has 14 heavy (non-hydrogen) atoms. The van der Waals surface area contributed by atoms with E-state index in [-0.39, 0.29) is 12.5 Å². The Morgan fingerprint density at radius 3 is 3.00 bits per heavy atom. The Morgan fingerprint density at radius 2 is 2.36 bits per heavy atom. The Hall–Kier alpha value is -1.47. The maximum absolute atomic E-state index is 10.8. The first-order chi connectivity index (χ1) is 6.76. The van der Waals surface area contributed by atoms with Crippen LogP contribution in [0.2, 0.25) is 0 Å². The molecular formula is C7H14N6O. The largest absolute Gasteiger partial charge is 0.349 e. The average Bonchev–Trinajstić information content (AvgIpc) is 2.63. The van der Waals surface area contributed by atoms with E-state index < -0.39 is 0 Å². The molecule has 0 radical (unpaired) electrons. The fourth-order valence-electron chi connectivity index (χ4n) is 0.922. The fraction of sp³-hybridized carbons (Fsp3) is 0.571. The van der Waals surface area contributed by atoms with Gasteiger partial charge in [-0.05, 0) is 0 Å². The molecule has 0 spiro atoms. The average molecular weight is 198 g/mol. The van der Waals surface area contributed by atoms with Crippen molar-refractivity contribution in [2.24, 2.45) is 11.5 Å². The number of nitrogens with one attached hydrogen (secondary N) is 1. The van der Waals surface area contributed by atoms with E-state index in [9.17, 15) is 4.79 Å². The van der Waals surface area contributed by atoms with Crippen LogP contribution in [0.4, 0.5) is 0 Å². The van der Waals surface area contributed by atoms with E-state index in [0.29, 0.717) is 25.3 Å². The van der Waals surface area contributed by atoms with Crippen LogP contribution in [0.25, 0.3) is 0 Å². The Kier molecular flexibility index (Phi) is 4.02. The summed E-state index contributed by atoms with van der Waals surface area (Å²) in [7, 11) is 0. The molecular weight excluding hydrogens is 184 g/mol. The molecule has 0 bridgehead atoms. The molecule has 1 heterocycles. The summed E-state index contributed by atoms with van der Waals surface area (Å²) in [5.41, 5.74) is 11.2. The third kappa shape index (κ3) is 3.11. The molecule has 0 saturated carbocycles. The number of aromatic nitrogens is 3. The Morgan fingerprint density at radius 1 is 1.57 bits per heavy atom. The van der Waals surface area contributed by atoms with Gasteiger partial charge in [-0.3, -0.25) is 9.48 Å². The number of hydrogen-bond donors (Lipinski definition) is 3. The summed E-state index contributed by atoms with van der Waals surface area (Å²) in [5, 5.41) is 10.2. The molecule has 7 nitrogen and oxygen atoms in total. The van der Waals surface area contributed by atoms with Crippen molar-refractivity contribution < 1.29 is 4.79 Å². The zero-order chi connectivity index (χ0) is 10.4. The molecule has 1 aromatic heterocycles. The number of nitrogens with two attached hydrogens (primary N) is 2. The monoisotopic (exact) mass is 198 g/mol. The fourth-order valence-corrected chi connectivity index (χ4v) is 0.922. The summed E-state index contributed by atoms with van der Waals surface area (Å²) in [6.07, 6.45) is 1.74. The van der Waals surface area contributed by atoms with Crippen LogP contribution in [-0.2, 0) is 17.9 Å². The molecule has 7 heteroatoms. The molecule has 0 aromatic carbocycles. The van der Waals surface area contributed by atoms with Crippen molar-refractivity contribution in [1.29, 1.82) is 0 Å². The van der Waals surface area contributed by atoms with Gasteiger partial charge in [0.2, 0.25) is 5.91 Å². The van der Waals surface area contributed by atoms with Gasteiger partial charge in [0.05, 0.1) is 25.8 Å². The van der Waals surface area contributed by atoms with Crippen molar-refractivity contribution in [3.05, 3.63) is 11.9 Å². The van der Waals surface area contributed by atoms with Crippen LogP contribution in [0, 0.1) is 0 Å². The zero-order valence-electron chi connectivity index (χ0n) is 7.81. The van der Waals surface area contributed by atoms with Gasteiger partial charge in [-0.15, -0.1) is 5.10 Å². The van der Waals surface area contributed by atoms with Gasteiger partial charge in [0.15, 0.2) is 0 Å².